The van der Waals surface area contributed by atoms with E-state index in [1.54, 1.807) is 45.9 Å². The van der Waals surface area contributed by atoms with Crippen LogP contribution in [0.3, 0.4) is 0 Å². The number of hydrogen-bond donors (Lipinski definition) is 0. The predicted molar refractivity (Wildman–Crippen MR) is 138 cm³/mol. The van der Waals surface area contributed by atoms with Crippen molar-refractivity contribution in [3.63, 3.8) is 0 Å². The maximum absolute atomic E-state index is 13.3. The van der Waals surface area contributed by atoms with Crippen LogP contribution in [0.15, 0.2) is 75.4 Å². The number of benzene rings is 2. The molecule has 1 atom stereocenters. The van der Waals surface area contributed by atoms with Crippen molar-refractivity contribution in [2.45, 2.75) is 63.6 Å². The van der Waals surface area contributed by atoms with Gasteiger partial charge >= 0.3 is 12.1 Å². The van der Waals surface area contributed by atoms with Gasteiger partial charge in [-0.3, -0.25) is 9.69 Å². The average Bonchev–Trinajstić information content (AvgIpc) is 2.78. The lowest BCUT2D eigenvalue weighted by Crippen LogP contribution is -2.42. The number of esters is 1. The molecule has 7 nitrogen and oxygen atoms in total. The van der Waals surface area contributed by atoms with E-state index < -0.39 is 33.5 Å². The highest BCUT2D eigenvalue weighted by molar-refractivity contribution is 9.10. The fourth-order valence-corrected chi connectivity index (χ4v) is 4.68. The number of halogens is 1. The number of amides is 1. The summed E-state index contributed by atoms with van der Waals surface area (Å²) in [5.74, 6) is -0.429. The van der Waals surface area contributed by atoms with Crippen molar-refractivity contribution in [2.24, 2.45) is 0 Å². The smallest absolute Gasteiger partial charge is 0.411 e. The Morgan fingerprint density at radius 1 is 1.06 bits per heavy atom. The van der Waals surface area contributed by atoms with Crippen molar-refractivity contribution in [1.82, 2.24) is 4.90 Å². The molecule has 0 heterocycles. The molecule has 0 saturated carbocycles. The lowest BCUT2D eigenvalue weighted by Gasteiger charge is -2.32. The Hall–Kier alpha value is -2.65. The van der Waals surface area contributed by atoms with E-state index in [4.69, 9.17) is 9.47 Å². The number of hydrogen-bond acceptors (Lipinski definition) is 6. The molecule has 190 valence electrons. The van der Waals surface area contributed by atoms with E-state index in [1.165, 1.54) is 23.1 Å². The van der Waals surface area contributed by atoms with E-state index in [2.05, 4.69) is 15.9 Å². The molecule has 2 aromatic rings. The highest BCUT2D eigenvalue weighted by Gasteiger charge is 2.29. The molecule has 0 aromatic heterocycles. The van der Waals surface area contributed by atoms with Gasteiger partial charge in [-0.1, -0.05) is 58.4 Å². The Morgan fingerprint density at radius 2 is 1.69 bits per heavy atom. The van der Waals surface area contributed by atoms with Crippen molar-refractivity contribution in [3.05, 3.63) is 76.1 Å². The summed E-state index contributed by atoms with van der Waals surface area (Å²) in [7, 11) is -3.76. The molecule has 0 bridgehead atoms. The van der Waals surface area contributed by atoms with Gasteiger partial charge in [-0.15, -0.1) is 0 Å². The second-order valence-electron chi connectivity index (χ2n) is 8.80. The van der Waals surface area contributed by atoms with E-state index in [0.29, 0.717) is 0 Å². The van der Waals surface area contributed by atoms with Gasteiger partial charge in [-0.05, 0) is 57.9 Å². The first-order valence-corrected chi connectivity index (χ1v) is 13.6. The molecule has 0 aliphatic heterocycles. The number of rotatable bonds is 10. The molecular weight excluding hydrogens is 534 g/mol. The Kier molecular flexibility index (Phi) is 10.5. The fourth-order valence-electron chi connectivity index (χ4n) is 3.19. The van der Waals surface area contributed by atoms with Crippen LogP contribution < -0.4 is 0 Å². The van der Waals surface area contributed by atoms with E-state index in [0.717, 1.165) is 15.4 Å². The molecule has 0 fully saturated rings. The molecule has 1 amide bonds. The third-order valence-corrected chi connectivity index (χ3v) is 7.05. The molecule has 2 rings (SSSR count). The van der Waals surface area contributed by atoms with Crippen molar-refractivity contribution in [3.8, 4) is 0 Å². The van der Waals surface area contributed by atoms with Crippen molar-refractivity contribution in [2.75, 3.05) is 6.61 Å². The minimum atomic E-state index is -3.76. The molecule has 0 spiro atoms. The molecule has 9 heteroatoms. The minimum absolute atomic E-state index is 0.00346. The monoisotopic (exact) mass is 565 g/mol. The van der Waals surface area contributed by atoms with Crippen LogP contribution in [0.2, 0.25) is 0 Å². The van der Waals surface area contributed by atoms with Gasteiger partial charge in [-0.25, -0.2) is 13.2 Å². The van der Waals surface area contributed by atoms with Crippen LogP contribution in [0.4, 0.5) is 4.79 Å². The predicted octanol–water partition coefficient (Wildman–Crippen LogP) is 5.89. The highest BCUT2D eigenvalue weighted by atomic mass is 79.9. The van der Waals surface area contributed by atoms with Crippen LogP contribution >= 0.6 is 15.9 Å². The summed E-state index contributed by atoms with van der Waals surface area (Å²) in [6, 6.07) is 14.7. The lowest BCUT2D eigenvalue weighted by molar-refractivity contribution is -0.143. The Morgan fingerprint density at radius 3 is 2.29 bits per heavy atom. The molecule has 0 aliphatic rings. The molecule has 2 aromatic carbocycles. The zero-order chi connectivity index (χ0) is 26.1. The topological polar surface area (TPSA) is 90.0 Å². The number of sulfone groups is 1. The fraction of sp³-hybridized carbons (Fsp3) is 0.385. The maximum Gasteiger partial charge on any atom is 0.411 e. The van der Waals surface area contributed by atoms with Crippen LogP contribution in [-0.4, -0.2) is 43.6 Å². The first kappa shape index (κ1) is 28.6. The van der Waals surface area contributed by atoms with Crippen LogP contribution in [0.1, 0.15) is 46.1 Å². The first-order chi connectivity index (χ1) is 16.4. The average molecular weight is 567 g/mol. The van der Waals surface area contributed by atoms with Gasteiger partial charge in [0.2, 0.25) is 0 Å². The SMILES string of the molecule is CCOC(=O)CCC(/C=C/S(=O)(=O)c1ccccc1)N(Cc1ccccc1Br)C(=O)OC(C)(C)C. The summed E-state index contributed by atoms with van der Waals surface area (Å²) in [6.07, 6.45) is 0.971. The summed E-state index contributed by atoms with van der Waals surface area (Å²) in [5, 5.41) is 1.08. The quantitative estimate of drug-likeness (QED) is 0.334. The number of carbonyl (C=O) groups is 2. The summed E-state index contributed by atoms with van der Waals surface area (Å²) in [4.78, 5) is 26.9. The number of ether oxygens (including phenoxy) is 2. The Bertz CT molecular complexity index is 1130. The van der Waals surface area contributed by atoms with Crippen LogP contribution in [0.5, 0.6) is 0 Å². The summed E-state index contributed by atoms with van der Waals surface area (Å²) < 4.78 is 37.2. The zero-order valence-corrected chi connectivity index (χ0v) is 22.8. The van der Waals surface area contributed by atoms with E-state index in [9.17, 15) is 18.0 Å². The third kappa shape index (κ3) is 9.49. The summed E-state index contributed by atoms with van der Waals surface area (Å²) >= 11 is 3.50. The molecular formula is C26H32BrNO6S. The van der Waals surface area contributed by atoms with Gasteiger partial charge in [0.25, 0.3) is 0 Å². The van der Waals surface area contributed by atoms with Crippen LogP contribution in [0.25, 0.3) is 0 Å². The number of carbonyl (C=O) groups excluding carboxylic acids is 2. The van der Waals surface area contributed by atoms with Gasteiger partial charge in [0.1, 0.15) is 5.60 Å². The largest absolute Gasteiger partial charge is 0.466 e. The molecule has 0 aliphatic carbocycles. The second kappa shape index (κ2) is 12.9. The highest BCUT2D eigenvalue weighted by Crippen LogP contribution is 2.24. The molecule has 35 heavy (non-hydrogen) atoms. The number of nitrogens with zero attached hydrogens (tertiary/aromatic N) is 1. The van der Waals surface area contributed by atoms with E-state index >= 15 is 0 Å². The van der Waals surface area contributed by atoms with Gasteiger partial charge in [0, 0.05) is 16.3 Å². The van der Waals surface area contributed by atoms with Crippen molar-refractivity contribution in [1.29, 1.82) is 0 Å². The molecule has 1 unspecified atom stereocenters. The van der Waals surface area contributed by atoms with Gasteiger partial charge in [0.15, 0.2) is 9.84 Å². The van der Waals surface area contributed by atoms with Crippen LogP contribution in [-0.2, 0) is 30.7 Å². The van der Waals surface area contributed by atoms with Crippen LogP contribution in [0, 0.1) is 0 Å². The second-order valence-corrected chi connectivity index (χ2v) is 11.5. The molecule has 0 radical (unpaired) electrons. The molecule has 0 saturated heterocycles. The first-order valence-electron chi connectivity index (χ1n) is 11.3. The lowest BCUT2D eigenvalue weighted by atomic mass is 10.1. The molecule has 0 N–H and O–H groups in total. The van der Waals surface area contributed by atoms with E-state index in [1.807, 2.05) is 24.3 Å². The normalized spacial score (nSPS) is 12.8. The van der Waals surface area contributed by atoms with E-state index in [-0.39, 0.29) is 30.9 Å². The Labute approximate surface area is 216 Å². The van der Waals surface area contributed by atoms with Gasteiger partial charge in [-0.2, -0.15) is 0 Å². The maximum atomic E-state index is 13.3. The van der Waals surface area contributed by atoms with Gasteiger partial charge < -0.3 is 9.47 Å². The summed E-state index contributed by atoms with van der Waals surface area (Å²) in [6.45, 7) is 7.34. The van der Waals surface area contributed by atoms with Gasteiger partial charge in [0.05, 0.1) is 24.1 Å². The zero-order valence-electron chi connectivity index (χ0n) is 20.4. The minimum Gasteiger partial charge on any atom is -0.466 e. The van der Waals surface area contributed by atoms with Crippen molar-refractivity contribution >= 4 is 37.8 Å². The standard InChI is InChI=1S/C26H32BrNO6S/c1-5-33-24(29)16-15-21(17-18-35(31,32)22-12-7-6-8-13-22)28(25(30)34-26(2,3)4)19-20-11-9-10-14-23(20)27/h6-14,17-18,21H,5,15-16,19H2,1-4H3/b18-17+. The third-order valence-electron chi connectivity index (χ3n) is 4.83. The Balaban J connectivity index is 2.46. The summed E-state index contributed by atoms with van der Waals surface area (Å²) in [5.41, 5.74) is 0.0354. The van der Waals surface area contributed by atoms with Crippen molar-refractivity contribution < 1.29 is 27.5 Å².